The molecule has 170 valence electrons. The standard InChI is InChI=1S/C23H32N2O5S/c1-2-3-13-25(31(27,28)19-20-9-5-4-6-10-20)18-23(26)24(16-21-11-7-14-29-21)17-22-12-8-15-30-22/h4-7,9-11,14,22H,2-3,8,12-13,15-19H2,1H3. The maximum Gasteiger partial charge on any atom is 0.238 e. The molecule has 7 nitrogen and oxygen atoms in total. The summed E-state index contributed by atoms with van der Waals surface area (Å²) in [5, 5.41) is 0. The molecule has 1 aliphatic rings. The van der Waals surface area contributed by atoms with Crippen molar-refractivity contribution in [2.24, 2.45) is 0 Å². The molecule has 1 aliphatic heterocycles. The number of hydrogen-bond donors (Lipinski definition) is 0. The van der Waals surface area contributed by atoms with Crippen LogP contribution >= 0.6 is 0 Å². The number of ether oxygens (including phenoxy) is 1. The van der Waals surface area contributed by atoms with Crippen LogP contribution in [-0.4, -0.2) is 55.9 Å². The van der Waals surface area contributed by atoms with Crippen LogP contribution in [0, 0.1) is 0 Å². The van der Waals surface area contributed by atoms with E-state index >= 15 is 0 Å². The summed E-state index contributed by atoms with van der Waals surface area (Å²) in [5.74, 6) is 0.313. The average Bonchev–Trinajstić information content (AvgIpc) is 3.45. The summed E-state index contributed by atoms with van der Waals surface area (Å²) in [7, 11) is -3.63. The van der Waals surface area contributed by atoms with Crippen molar-refractivity contribution in [2.45, 2.75) is 51.0 Å². The summed E-state index contributed by atoms with van der Waals surface area (Å²) in [6.07, 6.45) is 4.96. The zero-order chi connectivity index (χ0) is 22.1. The second kappa shape index (κ2) is 11.5. The van der Waals surface area contributed by atoms with Crippen molar-refractivity contribution in [3.63, 3.8) is 0 Å². The number of benzene rings is 1. The molecule has 0 bridgehead atoms. The summed E-state index contributed by atoms with van der Waals surface area (Å²) >= 11 is 0. The number of furan rings is 1. The molecule has 1 aromatic heterocycles. The Bertz CT molecular complexity index is 893. The molecule has 0 N–H and O–H groups in total. The van der Waals surface area contributed by atoms with E-state index in [2.05, 4.69) is 0 Å². The molecule has 0 spiro atoms. The Labute approximate surface area is 185 Å². The lowest BCUT2D eigenvalue weighted by atomic mass is 10.2. The van der Waals surface area contributed by atoms with Crippen molar-refractivity contribution in [3.05, 3.63) is 60.1 Å². The normalized spacial score (nSPS) is 16.6. The molecule has 0 radical (unpaired) electrons. The quantitative estimate of drug-likeness (QED) is 0.497. The highest BCUT2D eigenvalue weighted by Crippen LogP contribution is 2.17. The summed E-state index contributed by atoms with van der Waals surface area (Å²) in [6.45, 7) is 3.58. The highest BCUT2D eigenvalue weighted by molar-refractivity contribution is 7.88. The minimum absolute atomic E-state index is 0.0241. The molecule has 0 saturated carbocycles. The first-order chi connectivity index (χ1) is 15.0. The number of sulfonamides is 1. The zero-order valence-corrected chi connectivity index (χ0v) is 18.9. The van der Waals surface area contributed by atoms with Gasteiger partial charge >= 0.3 is 0 Å². The Balaban J connectivity index is 1.73. The van der Waals surface area contributed by atoms with Crippen LogP contribution in [0.1, 0.15) is 43.9 Å². The molecule has 31 heavy (non-hydrogen) atoms. The number of carbonyl (C=O) groups excluding carboxylic acids is 1. The fourth-order valence-electron chi connectivity index (χ4n) is 3.66. The van der Waals surface area contributed by atoms with Crippen LogP contribution in [0.5, 0.6) is 0 Å². The monoisotopic (exact) mass is 448 g/mol. The van der Waals surface area contributed by atoms with Crippen LogP contribution in [0.25, 0.3) is 0 Å². The topological polar surface area (TPSA) is 80.1 Å². The second-order valence-corrected chi connectivity index (χ2v) is 9.89. The van der Waals surface area contributed by atoms with Gasteiger partial charge in [0.2, 0.25) is 15.9 Å². The summed E-state index contributed by atoms with van der Waals surface area (Å²) in [5.41, 5.74) is 0.711. The van der Waals surface area contributed by atoms with Gasteiger partial charge in [0.15, 0.2) is 0 Å². The number of carbonyl (C=O) groups is 1. The molecular formula is C23H32N2O5S. The van der Waals surface area contributed by atoms with E-state index in [9.17, 15) is 13.2 Å². The van der Waals surface area contributed by atoms with E-state index in [4.69, 9.17) is 9.15 Å². The lowest BCUT2D eigenvalue weighted by Crippen LogP contribution is -2.45. The van der Waals surface area contributed by atoms with Gasteiger partial charge in [0.25, 0.3) is 0 Å². The molecule has 8 heteroatoms. The summed E-state index contributed by atoms with van der Waals surface area (Å²) in [6, 6.07) is 12.7. The van der Waals surface area contributed by atoms with Crippen LogP contribution < -0.4 is 0 Å². The van der Waals surface area contributed by atoms with Crippen LogP contribution in [0.4, 0.5) is 0 Å². The number of hydrogen-bond acceptors (Lipinski definition) is 5. The Morgan fingerprint density at radius 3 is 2.61 bits per heavy atom. The molecular weight excluding hydrogens is 416 g/mol. The maximum atomic E-state index is 13.3. The minimum atomic E-state index is -3.63. The second-order valence-electron chi connectivity index (χ2n) is 7.92. The molecule has 1 saturated heterocycles. The molecule has 1 amide bonds. The largest absolute Gasteiger partial charge is 0.467 e. The number of amides is 1. The van der Waals surface area contributed by atoms with Gasteiger partial charge in [-0.3, -0.25) is 4.79 Å². The third-order valence-corrected chi connectivity index (χ3v) is 7.18. The van der Waals surface area contributed by atoms with Crippen LogP contribution in [0.15, 0.2) is 53.1 Å². The van der Waals surface area contributed by atoms with Gasteiger partial charge in [0, 0.05) is 19.7 Å². The Hall–Kier alpha value is -2.16. The molecule has 2 aromatic rings. The Morgan fingerprint density at radius 1 is 1.16 bits per heavy atom. The highest BCUT2D eigenvalue weighted by atomic mass is 32.2. The fourth-order valence-corrected chi connectivity index (χ4v) is 5.17. The predicted octanol–water partition coefficient (Wildman–Crippen LogP) is 3.42. The molecule has 3 rings (SSSR count). The highest BCUT2D eigenvalue weighted by Gasteiger charge is 2.29. The van der Waals surface area contributed by atoms with Gasteiger partial charge in [-0.2, -0.15) is 4.31 Å². The van der Waals surface area contributed by atoms with Gasteiger partial charge in [0.1, 0.15) is 5.76 Å². The average molecular weight is 449 g/mol. The first-order valence-corrected chi connectivity index (χ1v) is 12.5. The molecule has 2 heterocycles. The van der Waals surface area contributed by atoms with Crippen molar-refractivity contribution in [1.29, 1.82) is 0 Å². The maximum absolute atomic E-state index is 13.3. The third kappa shape index (κ3) is 7.19. The lowest BCUT2D eigenvalue weighted by molar-refractivity contribution is -0.134. The van der Waals surface area contributed by atoms with E-state index in [1.165, 1.54) is 4.31 Å². The Morgan fingerprint density at radius 2 is 1.97 bits per heavy atom. The van der Waals surface area contributed by atoms with Crippen LogP contribution in [-0.2, 0) is 31.9 Å². The minimum Gasteiger partial charge on any atom is -0.467 e. The van der Waals surface area contributed by atoms with Gasteiger partial charge in [-0.25, -0.2) is 8.42 Å². The van der Waals surface area contributed by atoms with E-state index in [0.29, 0.717) is 44.0 Å². The van der Waals surface area contributed by atoms with Crippen LogP contribution in [0.2, 0.25) is 0 Å². The van der Waals surface area contributed by atoms with Gasteiger partial charge in [-0.1, -0.05) is 43.7 Å². The Kier molecular flexibility index (Phi) is 8.69. The molecule has 1 atom stereocenters. The third-order valence-electron chi connectivity index (χ3n) is 5.39. The first kappa shape index (κ1) is 23.5. The number of rotatable bonds is 12. The van der Waals surface area contributed by atoms with Gasteiger partial charge in [-0.05, 0) is 37.0 Å². The van der Waals surface area contributed by atoms with Crippen molar-refractivity contribution in [1.82, 2.24) is 9.21 Å². The van der Waals surface area contributed by atoms with Gasteiger partial charge in [0.05, 0.1) is 31.2 Å². The van der Waals surface area contributed by atoms with E-state index in [1.807, 2.05) is 31.2 Å². The fraction of sp³-hybridized carbons (Fsp3) is 0.522. The number of unbranched alkanes of at least 4 members (excludes halogenated alkanes) is 1. The number of nitrogens with zero attached hydrogens (tertiary/aromatic N) is 2. The summed E-state index contributed by atoms with van der Waals surface area (Å²) < 4.78 is 38.7. The zero-order valence-electron chi connectivity index (χ0n) is 18.1. The van der Waals surface area contributed by atoms with Crippen molar-refractivity contribution >= 4 is 15.9 Å². The van der Waals surface area contributed by atoms with E-state index in [1.54, 1.807) is 29.4 Å². The van der Waals surface area contributed by atoms with Gasteiger partial charge in [-0.15, -0.1) is 0 Å². The predicted molar refractivity (Wildman–Crippen MR) is 119 cm³/mol. The molecule has 1 aromatic carbocycles. The van der Waals surface area contributed by atoms with E-state index < -0.39 is 10.0 Å². The van der Waals surface area contributed by atoms with E-state index in [-0.39, 0.29) is 24.3 Å². The molecule has 1 unspecified atom stereocenters. The first-order valence-electron chi connectivity index (χ1n) is 10.9. The lowest BCUT2D eigenvalue weighted by Gasteiger charge is -2.28. The van der Waals surface area contributed by atoms with Crippen molar-refractivity contribution in [2.75, 3.05) is 26.2 Å². The smallest absolute Gasteiger partial charge is 0.238 e. The molecule has 1 fully saturated rings. The van der Waals surface area contributed by atoms with Crippen molar-refractivity contribution < 1.29 is 22.4 Å². The van der Waals surface area contributed by atoms with Gasteiger partial charge < -0.3 is 14.1 Å². The summed E-state index contributed by atoms with van der Waals surface area (Å²) in [4.78, 5) is 14.9. The van der Waals surface area contributed by atoms with Crippen LogP contribution in [0.3, 0.4) is 0 Å². The molecule has 0 aliphatic carbocycles. The van der Waals surface area contributed by atoms with E-state index in [0.717, 1.165) is 19.3 Å². The van der Waals surface area contributed by atoms with Crippen molar-refractivity contribution in [3.8, 4) is 0 Å². The SMILES string of the molecule is CCCCN(CC(=O)N(Cc1ccco1)CC1CCCO1)S(=O)(=O)Cc1ccccc1.